The summed E-state index contributed by atoms with van der Waals surface area (Å²) < 4.78 is 36.8. The molecule has 0 radical (unpaired) electrons. The van der Waals surface area contributed by atoms with Crippen LogP contribution < -0.4 is 5.32 Å². The lowest BCUT2D eigenvalue weighted by Gasteiger charge is -2.26. The number of aliphatic hydroxyl groups is 1. The molecule has 0 bridgehead atoms. The predicted octanol–water partition coefficient (Wildman–Crippen LogP) is 1.28. The summed E-state index contributed by atoms with van der Waals surface area (Å²) in [6.45, 7) is 2.06. The van der Waals surface area contributed by atoms with Crippen molar-refractivity contribution in [1.82, 2.24) is 15.1 Å². The van der Waals surface area contributed by atoms with Crippen LogP contribution in [0.25, 0.3) is 0 Å². The Balaban J connectivity index is 2.56. The van der Waals surface area contributed by atoms with E-state index in [4.69, 9.17) is 0 Å². The number of anilines is 1. The molecule has 1 unspecified atom stereocenters. The molecule has 18 heavy (non-hydrogen) atoms. The Kier molecular flexibility index (Phi) is 4.51. The van der Waals surface area contributed by atoms with Gasteiger partial charge in [0.25, 0.3) is 0 Å². The second-order valence-corrected chi connectivity index (χ2v) is 5.48. The molecule has 5 nitrogen and oxygen atoms in total. The highest BCUT2D eigenvalue weighted by atomic mass is 32.1. The summed E-state index contributed by atoms with van der Waals surface area (Å²) in [6, 6.07) is 0. The van der Waals surface area contributed by atoms with Crippen LogP contribution in [0.15, 0.2) is 0 Å². The van der Waals surface area contributed by atoms with E-state index in [-0.39, 0.29) is 11.7 Å². The highest BCUT2D eigenvalue weighted by molar-refractivity contribution is 7.15. The van der Waals surface area contributed by atoms with Gasteiger partial charge < -0.3 is 15.3 Å². The van der Waals surface area contributed by atoms with Crippen LogP contribution in [-0.4, -0.2) is 53.0 Å². The molecular formula is C9H15F3N4OS. The Labute approximate surface area is 107 Å². The van der Waals surface area contributed by atoms with Gasteiger partial charge in [0.05, 0.1) is 5.60 Å². The molecule has 0 fully saturated rings. The number of nitrogens with one attached hydrogen (secondary N) is 1. The van der Waals surface area contributed by atoms with Crippen molar-refractivity contribution in [3.63, 3.8) is 0 Å². The highest BCUT2D eigenvalue weighted by Gasteiger charge is 2.35. The van der Waals surface area contributed by atoms with Gasteiger partial charge in [0.15, 0.2) is 0 Å². The number of halogens is 3. The molecule has 1 aromatic heterocycles. The number of hydrogen-bond donors (Lipinski definition) is 2. The molecule has 1 aromatic rings. The van der Waals surface area contributed by atoms with Crippen molar-refractivity contribution in [3.8, 4) is 0 Å². The maximum Gasteiger partial charge on any atom is 0.445 e. The first-order valence-corrected chi connectivity index (χ1v) is 5.93. The fourth-order valence-corrected chi connectivity index (χ4v) is 2.02. The Bertz CT molecular complexity index is 391. The first-order chi connectivity index (χ1) is 8.10. The predicted molar refractivity (Wildman–Crippen MR) is 62.6 cm³/mol. The second-order valence-electron chi connectivity index (χ2n) is 4.50. The van der Waals surface area contributed by atoms with E-state index in [9.17, 15) is 18.3 Å². The summed E-state index contributed by atoms with van der Waals surface area (Å²) in [5, 5.41) is 18.0. The molecule has 0 aromatic carbocycles. The molecule has 1 heterocycles. The molecule has 0 saturated heterocycles. The average molecular weight is 284 g/mol. The van der Waals surface area contributed by atoms with Crippen LogP contribution in [-0.2, 0) is 6.18 Å². The van der Waals surface area contributed by atoms with Gasteiger partial charge in [-0.1, -0.05) is 11.3 Å². The first kappa shape index (κ1) is 15.1. The van der Waals surface area contributed by atoms with Gasteiger partial charge in [-0.2, -0.15) is 13.2 Å². The maximum atomic E-state index is 12.3. The highest BCUT2D eigenvalue weighted by Crippen LogP contribution is 2.33. The molecule has 0 amide bonds. The fourth-order valence-electron chi connectivity index (χ4n) is 1.41. The van der Waals surface area contributed by atoms with Gasteiger partial charge in [0.2, 0.25) is 10.1 Å². The summed E-state index contributed by atoms with van der Waals surface area (Å²) in [6.07, 6.45) is -4.48. The summed E-state index contributed by atoms with van der Waals surface area (Å²) in [4.78, 5) is 1.78. The lowest BCUT2D eigenvalue weighted by Crippen LogP contribution is -2.43. The van der Waals surface area contributed by atoms with Gasteiger partial charge in [-0.25, -0.2) is 0 Å². The minimum Gasteiger partial charge on any atom is -0.387 e. The molecule has 104 valence electrons. The van der Waals surface area contributed by atoms with Gasteiger partial charge in [0.1, 0.15) is 0 Å². The largest absolute Gasteiger partial charge is 0.445 e. The quantitative estimate of drug-likeness (QED) is 0.853. The summed E-state index contributed by atoms with van der Waals surface area (Å²) in [7, 11) is 3.59. The Hall–Kier alpha value is -0.930. The van der Waals surface area contributed by atoms with Gasteiger partial charge in [0, 0.05) is 13.1 Å². The second kappa shape index (κ2) is 5.37. The maximum absolute atomic E-state index is 12.3. The van der Waals surface area contributed by atoms with E-state index in [0.29, 0.717) is 17.9 Å². The Morgan fingerprint density at radius 1 is 1.33 bits per heavy atom. The van der Waals surface area contributed by atoms with Crippen molar-refractivity contribution >= 4 is 16.5 Å². The summed E-state index contributed by atoms with van der Waals surface area (Å²) in [5.74, 6) is 0. The molecule has 2 N–H and O–H groups in total. The van der Waals surface area contributed by atoms with Crippen LogP contribution >= 0.6 is 11.3 Å². The van der Waals surface area contributed by atoms with Crippen molar-refractivity contribution in [3.05, 3.63) is 5.01 Å². The smallest absolute Gasteiger partial charge is 0.387 e. The van der Waals surface area contributed by atoms with Gasteiger partial charge in [-0.3, -0.25) is 0 Å². The van der Waals surface area contributed by atoms with E-state index >= 15 is 0 Å². The summed E-state index contributed by atoms with van der Waals surface area (Å²) in [5.41, 5.74) is -1.06. The zero-order valence-corrected chi connectivity index (χ0v) is 11.1. The zero-order chi connectivity index (χ0) is 14.0. The standard InChI is InChI=1S/C9H15F3N4OS/c1-8(17,5-16(2)3)4-13-7-15-14-6(18-7)9(10,11)12/h17H,4-5H2,1-3H3,(H,13,15). The van der Waals surface area contributed by atoms with Gasteiger partial charge >= 0.3 is 6.18 Å². The third-order valence-corrected chi connectivity index (χ3v) is 2.87. The molecule has 1 atom stereocenters. The number of likely N-dealkylation sites (N-methyl/N-ethyl adjacent to an activating group) is 1. The lowest BCUT2D eigenvalue weighted by molar-refractivity contribution is -0.138. The molecule has 0 aliphatic rings. The number of rotatable bonds is 5. The van der Waals surface area contributed by atoms with Crippen molar-refractivity contribution in [1.29, 1.82) is 0 Å². The van der Waals surface area contributed by atoms with Gasteiger partial charge in [-0.05, 0) is 21.0 Å². The number of nitrogens with zero attached hydrogens (tertiary/aromatic N) is 3. The molecule has 1 rings (SSSR count). The lowest BCUT2D eigenvalue weighted by atomic mass is 10.1. The third-order valence-electron chi connectivity index (χ3n) is 1.94. The minimum absolute atomic E-state index is 0.0429. The SMILES string of the molecule is CN(C)CC(C)(O)CNc1nnc(C(F)(F)F)s1. The molecular weight excluding hydrogens is 269 g/mol. The zero-order valence-electron chi connectivity index (χ0n) is 10.2. The Morgan fingerprint density at radius 2 is 1.94 bits per heavy atom. The first-order valence-electron chi connectivity index (χ1n) is 5.12. The van der Waals surface area contributed by atoms with E-state index in [1.165, 1.54) is 0 Å². The van der Waals surface area contributed by atoms with E-state index in [1.54, 1.807) is 25.9 Å². The van der Waals surface area contributed by atoms with Crippen molar-refractivity contribution < 1.29 is 18.3 Å². The minimum atomic E-state index is -4.48. The molecule has 0 spiro atoms. The summed E-state index contributed by atoms with van der Waals surface area (Å²) >= 11 is 0.416. The topological polar surface area (TPSA) is 61.3 Å². The van der Waals surface area contributed by atoms with Crippen LogP contribution in [0.2, 0.25) is 0 Å². The molecule has 0 aliphatic heterocycles. The van der Waals surface area contributed by atoms with Gasteiger partial charge in [-0.15, -0.1) is 10.2 Å². The Morgan fingerprint density at radius 3 is 2.39 bits per heavy atom. The van der Waals surface area contributed by atoms with Crippen LogP contribution in [0.1, 0.15) is 11.9 Å². The van der Waals surface area contributed by atoms with Crippen LogP contribution in [0.4, 0.5) is 18.3 Å². The van der Waals surface area contributed by atoms with Crippen molar-refractivity contribution in [2.45, 2.75) is 18.7 Å². The number of hydrogen-bond acceptors (Lipinski definition) is 6. The van der Waals surface area contributed by atoms with E-state index in [1.807, 2.05) is 0 Å². The number of aromatic nitrogens is 2. The average Bonchev–Trinajstić information content (AvgIpc) is 2.60. The van der Waals surface area contributed by atoms with Crippen molar-refractivity contribution in [2.75, 3.05) is 32.5 Å². The fraction of sp³-hybridized carbons (Fsp3) is 0.778. The van der Waals surface area contributed by atoms with E-state index < -0.39 is 16.8 Å². The molecule has 9 heteroatoms. The molecule has 0 aliphatic carbocycles. The number of alkyl halides is 3. The molecule has 0 saturated carbocycles. The monoisotopic (exact) mass is 284 g/mol. The van der Waals surface area contributed by atoms with Crippen molar-refractivity contribution in [2.24, 2.45) is 0 Å². The normalized spacial score (nSPS) is 15.8. The van der Waals surface area contributed by atoms with Crippen LogP contribution in [0.5, 0.6) is 0 Å². The van der Waals surface area contributed by atoms with Crippen LogP contribution in [0, 0.1) is 0 Å². The van der Waals surface area contributed by atoms with Crippen LogP contribution in [0.3, 0.4) is 0 Å². The van der Waals surface area contributed by atoms with E-state index in [2.05, 4.69) is 15.5 Å². The van der Waals surface area contributed by atoms with E-state index in [0.717, 1.165) is 0 Å². The third kappa shape index (κ3) is 4.75.